The van der Waals surface area contributed by atoms with Gasteiger partial charge in [0.05, 0.1) is 5.02 Å². The van der Waals surface area contributed by atoms with Crippen molar-refractivity contribution >= 4 is 11.6 Å². The van der Waals surface area contributed by atoms with Crippen molar-refractivity contribution in [3.8, 4) is 0 Å². The lowest BCUT2D eigenvalue weighted by molar-refractivity contribution is 0.498. The van der Waals surface area contributed by atoms with Gasteiger partial charge in [-0.05, 0) is 43.0 Å². The highest BCUT2D eigenvalue weighted by molar-refractivity contribution is 6.31. The van der Waals surface area contributed by atoms with E-state index in [2.05, 4.69) is 47.6 Å². The van der Waals surface area contributed by atoms with Gasteiger partial charge in [0.25, 0.3) is 0 Å². The molecule has 0 aliphatic carbocycles. The number of benzene rings is 1. The Morgan fingerprint density at radius 2 is 2.00 bits per heavy atom. The van der Waals surface area contributed by atoms with E-state index in [0.29, 0.717) is 6.04 Å². The normalized spacial score (nSPS) is 12.3. The van der Waals surface area contributed by atoms with Crippen molar-refractivity contribution in [2.45, 2.75) is 32.2 Å². The Morgan fingerprint density at radius 1 is 1.20 bits per heavy atom. The second-order valence-corrected chi connectivity index (χ2v) is 5.29. The third-order valence-corrected chi connectivity index (χ3v) is 3.75. The van der Waals surface area contributed by atoms with Gasteiger partial charge in [0.2, 0.25) is 0 Å². The van der Waals surface area contributed by atoms with Gasteiger partial charge < -0.3 is 5.32 Å². The van der Waals surface area contributed by atoms with Gasteiger partial charge >= 0.3 is 0 Å². The van der Waals surface area contributed by atoms with E-state index in [4.69, 9.17) is 11.6 Å². The monoisotopic (exact) mass is 288 g/mol. The number of pyridine rings is 1. The minimum Gasteiger partial charge on any atom is -0.310 e. The molecule has 0 radical (unpaired) electrons. The first-order valence-electron chi connectivity index (χ1n) is 7.18. The topological polar surface area (TPSA) is 24.9 Å². The van der Waals surface area contributed by atoms with Gasteiger partial charge in [-0.3, -0.25) is 4.98 Å². The zero-order valence-electron chi connectivity index (χ0n) is 11.8. The molecule has 0 saturated carbocycles. The molecule has 1 unspecified atom stereocenters. The summed E-state index contributed by atoms with van der Waals surface area (Å²) >= 11 is 6.25. The highest BCUT2D eigenvalue weighted by atomic mass is 35.5. The maximum atomic E-state index is 6.25. The zero-order chi connectivity index (χ0) is 14.2. The van der Waals surface area contributed by atoms with Crippen molar-refractivity contribution in [3.05, 3.63) is 64.9 Å². The first-order valence-corrected chi connectivity index (χ1v) is 7.55. The summed E-state index contributed by atoms with van der Waals surface area (Å²) in [6.07, 6.45) is 6.85. The third kappa shape index (κ3) is 4.32. The summed E-state index contributed by atoms with van der Waals surface area (Å²) in [5.74, 6) is 0. The lowest BCUT2D eigenvalue weighted by Gasteiger charge is -2.19. The average molecular weight is 289 g/mol. The van der Waals surface area contributed by atoms with Gasteiger partial charge in [0.15, 0.2) is 0 Å². The number of nitrogens with one attached hydrogen (secondary N) is 1. The molecule has 1 aromatic carbocycles. The van der Waals surface area contributed by atoms with E-state index in [1.54, 1.807) is 6.20 Å². The van der Waals surface area contributed by atoms with Crippen LogP contribution in [-0.4, -0.2) is 11.5 Å². The molecule has 0 saturated heterocycles. The molecule has 0 fully saturated rings. The van der Waals surface area contributed by atoms with Gasteiger partial charge in [-0.1, -0.05) is 48.9 Å². The number of hydrogen-bond donors (Lipinski definition) is 1. The summed E-state index contributed by atoms with van der Waals surface area (Å²) in [4.78, 5) is 4.06. The Kier molecular flexibility index (Phi) is 6.03. The maximum Gasteiger partial charge on any atom is 0.0637 e. The van der Waals surface area contributed by atoms with E-state index >= 15 is 0 Å². The van der Waals surface area contributed by atoms with Crippen molar-refractivity contribution in [3.63, 3.8) is 0 Å². The maximum absolute atomic E-state index is 6.25. The van der Waals surface area contributed by atoms with Gasteiger partial charge in [0, 0.05) is 18.4 Å². The SMILES string of the molecule is CCNC(CCCc1ccccc1)c1ccncc1Cl. The van der Waals surface area contributed by atoms with Crippen molar-refractivity contribution in [2.24, 2.45) is 0 Å². The highest BCUT2D eigenvalue weighted by Gasteiger charge is 2.13. The smallest absolute Gasteiger partial charge is 0.0637 e. The molecule has 2 rings (SSSR count). The minimum atomic E-state index is 0.305. The lowest BCUT2D eigenvalue weighted by atomic mass is 9.99. The first-order chi connectivity index (χ1) is 9.81. The van der Waals surface area contributed by atoms with Gasteiger partial charge in [-0.25, -0.2) is 0 Å². The van der Waals surface area contributed by atoms with Crippen LogP contribution in [0.2, 0.25) is 5.02 Å². The molecular weight excluding hydrogens is 268 g/mol. The second kappa shape index (κ2) is 8.03. The Bertz CT molecular complexity index is 513. The van der Waals surface area contributed by atoms with E-state index in [9.17, 15) is 0 Å². The van der Waals surface area contributed by atoms with Gasteiger partial charge in [-0.2, -0.15) is 0 Å². The van der Waals surface area contributed by atoms with Crippen molar-refractivity contribution < 1.29 is 0 Å². The predicted molar refractivity (Wildman–Crippen MR) is 85.0 cm³/mol. The van der Waals surface area contributed by atoms with Crippen LogP contribution >= 0.6 is 11.6 Å². The molecule has 2 aromatic rings. The zero-order valence-corrected chi connectivity index (χ0v) is 12.6. The van der Waals surface area contributed by atoms with Crippen LogP contribution in [0.4, 0.5) is 0 Å². The molecule has 0 spiro atoms. The van der Waals surface area contributed by atoms with Crippen LogP contribution in [0.25, 0.3) is 0 Å². The van der Waals surface area contributed by atoms with Crippen LogP contribution in [0.3, 0.4) is 0 Å². The summed E-state index contributed by atoms with van der Waals surface area (Å²) in [5, 5.41) is 4.26. The Morgan fingerprint density at radius 3 is 2.70 bits per heavy atom. The Labute approximate surface area is 126 Å². The standard InChI is InChI=1S/C17H21ClN2/c1-2-20-17(15-11-12-19-13-16(15)18)10-6-9-14-7-4-3-5-8-14/h3-5,7-8,11-13,17,20H,2,6,9-10H2,1H3. The molecule has 0 aliphatic rings. The van der Waals surface area contributed by atoms with Crippen molar-refractivity contribution in [2.75, 3.05) is 6.54 Å². The molecule has 3 heteroatoms. The molecule has 106 valence electrons. The summed E-state index contributed by atoms with van der Waals surface area (Å²) < 4.78 is 0. The summed E-state index contributed by atoms with van der Waals surface area (Å²) in [6.45, 7) is 3.06. The van der Waals surface area contributed by atoms with Crippen LogP contribution in [0.1, 0.15) is 36.9 Å². The average Bonchev–Trinajstić information content (AvgIpc) is 2.48. The fraction of sp³-hybridized carbons (Fsp3) is 0.353. The largest absolute Gasteiger partial charge is 0.310 e. The van der Waals surface area contributed by atoms with E-state index < -0.39 is 0 Å². The fourth-order valence-electron chi connectivity index (χ4n) is 2.44. The molecule has 0 amide bonds. The van der Waals surface area contributed by atoms with Crippen molar-refractivity contribution in [1.29, 1.82) is 0 Å². The molecule has 1 heterocycles. The van der Waals surface area contributed by atoms with Gasteiger partial charge in [0.1, 0.15) is 0 Å². The van der Waals surface area contributed by atoms with Crippen LogP contribution in [0.5, 0.6) is 0 Å². The van der Waals surface area contributed by atoms with Crippen LogP contribution < -0.4 is 5.32 Å². The molecule has 2 nitrogen and oxygen atoms in total. The molecule has 0 aliphatic heterocycles. The molecule has 1 N–H and O–H groups in total. The molecule has 1 aromatic heterocycles. The highest BCUT2D eigenvalue weighted by Crippen LogP contribution is 2.25. The third-order valence-electron chi connectivity index (χ3n) is 3.43. The predicted octanol–water partition coefficient (Wildman–Crippen LogP) is 4.41. The summed E-state index contributed by atoms with van der Waals surface area (Å²) in [5.41, 5.74) is 2.54. The number of nitrogens with zero attached hydrogens (tertiary/aromatic N) is 1. The Balaban J connectivity index is 1.95. The summed E-state index contributed by atoms with van der Waals surface area (Å²) in [6, 6.07) is 12.9. The Hall–Kier alpha value is -1.38. The molecular formula is C17H21ClN2. The van der Waals surface area contributed by atoms with Crippen molar-refractivity contribution in [1.82, 2.24) is 10.3 Å². The molecule has 1 atom stereocenters. The van der Waals surface area contributed by atoms with E-state index in [-0.39, 0.29) is 0 Å². The number of rotatable bonds is 7. The van der Waals surface area contributed by atoms with E-state index in [0.717, 1.165) is 36.4 Å². The molecule has 20 heavy (non-hydrogen) atoms. The number of halogens is 1. The number of aryl methyl sites for hydroxylation is 1. The number of aromatic nitrogens is 1. The lowest BCUT2D eigenvalue weighted by Crippen LogP contribution is -2.21. The quantitative estimate of drug-likeness (QED) is 0.816. The fourth-order valence-corrected chi connectivity index (χ4v) is 2.69. The summed E-state index contributed by atoms with van der Waals surface area (Å²) in [7, 11) is 0. The van der Waals surface area contributed by atoms with E-state index in [1.807, 2.05) is 12.3 Å². The number of hydrogen-bond acceptors (Lipinski definition) is 2. The minimum absolute atomic E-state index is 0.305. The second-order valence-electron chi connectivity index (χ2n) is 4.89. The van der Waals surface area contributed by atoms with Crippen LogP contribution in [-0.2, 0) is 6.42 Å². The van der Waals surface area contributed by atoms with E-state index in [1.165, 1.54) is 5.56 Å². The van der Waals surface area contributed by atoms with Gasteiger partial charge in [-0.15, -0.1) is 0 Å². The molecule has 0 bridgehead atoms. The first kappa shape index (κ1) is 15.0. The van der Waals surface area contributed by atoms with Crippen LogP contribution in [0, 0.1) is 0 Å². The van der Waals surface area contributed by atoms with Crippen LogP contribution in [0.15, 0.2) is 48.8 Å².